The highest BCUT2D eigenvalue weighted by Crippen LogP contribution is 2.19. The number of benzene rings is 2. The second kappa shape index (κ2) is 9.21. The minimum Gasteiger partial charge on any atom is -0.497 e. The molecule has 1 atom stereocenters. The van der Waals surface area contributed by atoms with E-state index in [4.69, 9.17) is 4.74 Å². The lowest BCUT2D eigenvalue weighted by atomic mass is 10.1. The molecule has 1 amide bonds. The predicted octanol–water partition coefficient (Wildman–Crippen LogP) is 2.70. The zero-order valence-electron chi connectivity index (χ0n) is 16.0. The van der Waals surface area contributed by atoms with E-state index in [1.54, 1.807) is 24.1 Å². The fourth-order valence-corrected chi connectivity index (χ4v) is 4.86. The van der Waals surface area contributed by atoms with Gasteiger partial charge in [-0.15, -0.1) is 0 Å². The number of nitrogens with one attached hydrogen (secondary N) is 1. The standard InChI is InChI=1S/C21H26N2O4S/c1-27-20-9-5-8-18(14-20)15-23-13-12-19(10-11-21(23)24)22-28(25,26)16-17-6-3-2-4-7-17/h2-9,14,19,22H,10-13,15-16H2,1H3. The minimum atomic E-state index is -3.45. The summed E-state index contributed by atoms with van der Waals surface area (Å²) in [6.07, 6.45) is 1.45. The van der Waals surface area contributed by atoms with E-state index in [1.165, 1.54) is 0 Å². The first-order chi connectivity index (χ1) is 13.4. The second-order valence-electron chi connectivity index (χ2n) is 7.05. The molecule has 7 heteroatoms. The van der Waals surface area contributed by atoms with Gasteiger partial charge in [-0.2, -0.15) is 0 Å². The zero-order chi connectivity index (χ0) is 20.0. The number of sulfonamides is 1. The van der Waals surface area contributed by atoms with E-state index in [9.17, 15) is 13.2 Å². The third-order valence-corrected chi connectivity index (χ3v) is 6.27. The molecular formula is C21H26N2O4S. The lowest BCUT2D eigenvalue weighted by molar-refractivity contribution is -0.131. The van der Waals surface area contributed by atoms with Gasteiger partial charge in [-0.1, -0.05) is 42.5 Å². The maximum Gasteiger partial charge on any atom is 0.222 e. The van der Waals surface area contributed by atoms with E-state index in [0.29, 0.717) is 32.4 Å². The van der Waals surface area contributed by atoms with Crippen LogP contribution in [0, 0.1) is 0 Å². The van der Waals surface area contributed by atoms with E-state index in [1.807, 2.05) is 42.5 Å². The van der Waals surface area contributed by atoms with Crippen LogP contribution in [0.5, 0.6) is 5.75 Å². The number of carbonyl (C=O) groups excluding carboxylic acids is 1. The summed E-state index contributed by atoms with van der Waals surface area (Å²) in [5.74, 6) is 0.755. The van der Waals surface area contributed by atoms with E-state index in [0.717, 1.165) is 16.9 Å². The molecule has 1 unspecified atom stereocenters. The van der Waals surface area contributed by atoms with Crippen molar-refractivity contribution >= 4 is 15.9 Å². The average Bonchev–Trinajstić information content (AvgIpc) is 2.84. The van der Waals surface area contributed by atoms with Crippen LogP contribution >= 0.6 is 0 Å². The zero-order valence-corrected chi connectivity index (χ0v) is 16.8. The lowest BCUT2D eigenvalue weighted by Crippen LogP contribution is -2.36. The Labute approximate surface area is 166 Å². The van der Waals surface area contributed by atoms with Crippen molar-refractivity contribution in [2.45, 2.75) is 37.6 Å². The van der Waals surface area contributed by atoms with Crippen molar-refractivity contribution in [3.63, 3.8) is 0 Å². The normalized spacial score (nSPS) is 18.0. The van der Waals surface area contributed by atoms with Crippen molar-refractivity contribution in [1.29, 1.82) is 0 Å². The van der Waals surface area contributed by atoms with Gasteiger partial charge < -0.3 is 9.64 Å². The summed E-state index contributed by atoms with van der Waals surface area (Å²) in [7, 11) is -1.84. The van der Waals surface area contributed by atoms with Crippen molar-refractivity contribution in [3.05, 3.63) is 65.7 Å². The lowest BCUT2D eigenvalue weighted by Gasteiger charge is -2.21. The predicted molar refractivity (Wildman–Crippen MR) is 108 cm³/mol. The van der Waals surface area contributed by atoms with Gasteiger partial charge in [0.15, 0.2) is 0 Å². The third kappa shape index (κ3) is 5.81. The number of nitrogens with zero attached hydrogens (tertiary/aromatic N) is 1. The Morgan fingerprint density at radius 3 is 2.57 bits per heavy atom. The first kappa shape index (κ1) is 20.4. The van der Waals surface area contributed by atoms with Crippen molar-refractivity contribution in [3.8, 4) is 5.75 Å². The number of likely N-dealkylation sites (tertiary alicyclic amines) is 1. The van der Waals surface area contributed by atoms with Gasteiger partial charge >= 0.3 is 0 Å². The summed E-state index contributed by atoms with van der Waals surface area (Å²) in [4.78, 5) is 14.3. The van der Waals surface area contributed by atoms with Crippen LogP contribution in [0.25, 0.3) is 0 Å². The van der Waals surface area contributed by atoms with Crippen LogP contribution in [0.1, 0.15) is 30.4 Å². The molecule has 1 aliphatic rings. The molecule has 28 heavy (non-hydrogen) atoms. The highest BCUT2D eigenvalue weighted by molar-refractivity contribution is 7.88. The Kier molecular flexibility index (Phi) is 6.70. The Balaban J connectivity index is 1.59. The largest absolute Gasteiger partial charge is 0.497 e. The molecule has 1 saturated heterocycles. The minimum absolute atomic E-state index is 0.0487. The maximum absolute atomic E-state index is 12.5. The first-order valence-electron chi connectivity index (χ1n) is 9.40. The number of hydrogen-bond acceptors (Lipinski definition) is 4. The fourth-order valence-electron chi connectivity index (χ4n) is 3.40. The van der Waals surface area contributed by atoms with Crippen LogP contribution in [0.3, 0.4) is 0 Å². The molecule has 2 aromatic carbocycles. The van der Waals surface area contributed by atoms with Crippen LogP contribution in [0.15, 0.2) is 54.6 Å². The molecular weight excluding hydrogens is 376 g/mol. The average molecular weight is 403 g/mol. The van der Waals surface area contributed by atoms with Crippen molar-refractivity contribution in [1.82, 2.24) is 9.62 Å². The molecule has 6 nitrogen and oxygen atoms in total. The number of hydrogen-bond donors (Lipinski definition) is 1. The molecule has 0 aliphatic carbocycles. The molecule has 1 fully saturated rings. The smallest absolute Gasteiger partial charge is 0.222 e. The molecule has 2 aromatic rings. The van der Waals surface area contributed by atoms with Crippen molar-refractivity contribution in [2.75, 3.05) is 13.7 Å². The summed E-state index contributed by atoms with van der Waals surface area (Å²) in [5.41, 5.74) is 1.75. The summed E-state index contributed by atoms with van der Waals surface area (Å²) in [6.45, 7) is 1.02. The molecule has 0 spiro atoms. The third-order valence-electron chi connectivity index (χ3n) is 4.86. The quantitative estimate of drug-likeness (QED) is 0.773. The topological polar surface area (TPSA) is 75.7 Å². The summed E-state index contributed by atoms with van der Waals surface area (Å²) >= 11 is 0. The van der Waals surface area contributed by atoms with Gasteiger partial charge in [0, 0.05) is 25.6 Å². The van der Waals surface area contributed by atoms with Gasteiger partial charge in [-0.25, -0.2) is 13.1 Å². The van der Waals surface area contributed by atoms with Gasteiger partial charge in [-0.05, 0) is 36.1 Å². The molecule has 1 heterocycles. The number of methoxy groups -OCH3 is 1. The number of carbonyl (C=O) groups is 1. The Bertz CT molecular complexity index is 900. The summed E-state index contributed by atoms with van der Waals surface area (Å²) in [5, 5.41) is 0. The van der Waals surface area contributed by atoms with Crippen LogP contribution in [0.2, 0.25) is 0 Å². The van der Waals surface area contributed by atoms with Gasteiger partial charge in [0.05, 0.1) is 12.9 Å². The SMILES string of the molecule is COc1cccc(CN2CCC(NS(=O)(=O)Cc3ccccc3)CCC2=O)c1. The monoisotopic (exact) mass is 402 g/mol. The Morgan fingerprint density at radius 1 is 1.07 bits per heavy atom. The van der Waals surface area contributed by atoms with Crippen LogP contribution in [0.4, 0.5) is 0 Å². The second-order valence-corrected chi connectivity index (χ2v) is 8.81. The molecule has 1 N–H and O–H groups in total. The maximum atomic E-state index is 12.5. The molecule has 150 valence electrons. The number of rotatable bonds is 7. The molecule has 0 radical (unpaired) electrons. The fraction of sp³-hybridized carbons (Fsp3) is 0.381. The first-order valence-corrected chi connectivity index (χ1v) is 11.0. The highest BCUT2D eigenvalue weighted by atomic mass is 32.2. The number of amides is 1. The van der Waals surface area contributed by atoms with Crippen molar-refractivity contribution in [2.24, 2.45) is 0 Å². The van der Waals surface area contributed by atoms with Gasteiger partial charge in [-0.3, -0.25) is 4.79 Å². The van der Waals surface area contributed by atoms with Gasteiger partial charge in [0.2, 0.25) is 15.9 Å². The van der Waals surface area contributed by atoms with Crippen LogP contribution in [-0.2, 0) is 27.1 Å². The number of ether oxygens (including phenoxy) is 1. The van der Waals surface area contributed by atoms with E-state index < -0.39 is 10.0 Å². The molecule has 0 aromatic heterocycles. The Morgan fingerprint density at radius 2 is 1.82 bits per heavy atom. The molecule has 1 aliphatic heterocycles. The van der Waals surface area contributed by atoms with Gasteiger partial charge in [0.1, 0.15) is 5.75 Å². The summed E-state index contributed by atoms with van der Waals surface area (Å²) < 4.78 is 33.0. The highest BCUT2D eigenvalue weighted by Gasteiger charge is 2.25. The van der Waals surface area contributed by atoms with E-state index >= 15 is 0 Å². The molecule has 3 rings (SSSR count). The molecule has 0 bridgehead atoms. The summed E-state index contributed by atoms with van der Waals surface area (Å²) in [6, 6.07) is 16.5. The van der Waals surface area contributed by atoms with Gasteiger partial charge in [0.25, 0.3) is 0 Å². The Hall–Kier alpha value is -2.38. The van der Waals surface area contributed by atoms with E-state index in [2.05, 4.69) is 4.72 Å². The van der Waals surface area contributed by atoms with Crippen molar-refractivity contribution < 1.29 is 17.9 Å². The van der Waals surface area contributed by atoms with Crippen LogP contribution in [-0.4, -0.2) is 38.9 Å². The van der Waals surface area contributed by atoms with E-state index in [-0.39, 0.29) is 17.7 Å². The molecule has 0 saturated carbocycles. The van der Waals surface area contributed by atoms with Crippen LogP contribution < -0.4 is 9.46 Å².